The van der Waals surface area contributed by atoms with Crippen molar-refractivity contribution in [3.63, 3.8) is 0 Å². The van der Waals surface area contributed by atoms with Gasteiger partial charge in [0.15, 0.2) is 0 Å². The summed E-state index contributed by atoms with van der Waals surface area (Å²) >= 11 is 4.24. The molecule has 0 bridgehead atoms. The lowest BCUT2D eigenvalue weighted by atomic mass is 10.1. The average molecular weight is 284 g/mol. The molecule has 3 nitrogen and oxygen atoms in total. The van der Waals surface area contributed by atoms with Crippen molar-refractivity contribution in [3.8, 4) is 0 Å². The number of rotatable bonds is 3. The normalized spacial score (nSPS) is 20.3. The average Bonchev–Trinajstić information content (AvgIpc) is 2.26. The van der Waals surface area contributed by atoms with E-state index in [1.807, 2.05) is 13.8 Å². The van der Waals surface area contributed by atoms with Crippen LogP contribution in [0.25, 0.3) is 0 Å². The molecule has 1 atom stereocenters. The molecule has 0 saturated carbocycles. The lowest BCUT2D eigenvalue weighted by Crippen LogP contribution is -2.53. The molecule has 7 heteroatoms. The topological polar surface area (TPSA) is 23.6 Å². The standard InChI is InChI=1S/C11H19F3N2OS/c1-8(2)9(18)10(17)16-5-3-15(4-6-16)7-11(12,13)14/h8-9,18H,3-7H2,1-2H3. The van der Waals surface area contributed by atoms with Crippen LogP contribution in [0.5, 0.6) is 0 Å². The van der Waals surface area contributed by atoms with Gasteiger partial charge < -0.3 is 4.90 Å². The quantitative estimate of drug-likeness (QED) is 0.797. The number of thiol groups is 1. The Morgan fingerprint density at radius 1 is 1.22 bits per heavy atom. The molecule has 1 amide bonds. The highest BCUT2D eigenvalue weighted by Gasteiger charge is 2.33. The smallest absolute Gasteiger partial charge is 0.339 e. The lowest BCUT2D eigenvalue weighted by Gasteiger charge is -2.36. The summed E-state index contributed by atoms with van der Waals surface area (Å²) in [5.41, 5.74) is 0. The molecule has 0 radical (unpaired) electrons. The number of piperazine rings is 1. The van der Waals surface area contributed by atoms with Gasteiger partial charge in [0.05, 0.1) is 11.8 Å². The molecule has 0 aromatic carbocycles. The van der Waals surface area contributed by atoms with Gasteiger partial charge in [-0.3, -0.25) is 9.69 Å². The molecule has 0 N–H and O–H groups in total. The van der Waals surface area contributed by atoms with Crippen LogP contribution in [0.2, 0.25) is 0 Å². The molecule has 1 saturated heterocycles. The summed E-state index contributed by atoms with van der Waals surface area (Å²) < 4.78 is 36.6. The maximum absolute atomic E-state index is 12.2. The number of nitrogens with zero attached hydrogens (tertiary/aromatic N) is 2. The summed E-state index contributed by atoms with van der Waals surface area (Å²) in [5.74, 6) is 0.0361. The van der Waals surface area contributed by atoms with Crippen molar-refractivity contribution in [2.45, 2.75) is 25.3 Å². The van der Waals surface area contributed by atoms with Gasteiger partial charge in [0.25, 0.3) is 0 Å². The third-order valence-electron chi connectivity index (χ3n) is 2.97. The van der Waals surface area contributed by atoms with E-state index in [0.717, 1.165) is 0 Å². The van der Waals surface area contributed by atoms with Gasteiger partial charge in [-0.15, -0.1) is 0 Å². The Balaban J connectivity index is 2.42. The largest absolute Gasteiger partial charge is 0.401 e. The molecule has 1 aliphatic heterocycles. The monoisotopic (exact) mass is 284 g/mol. The highest BCUT2D eigenvalue weighted by molar-refractivity contribution is 7.81. The third-order valence-corrected chi connectivity index (χ3v) is 3.79. The Hall–Kier alpha value is -0.430. The molecule has 0 spiro atoms. The van der Waals surface area contributed by atoms with Crippen LogP contribution in [-0.2, 0) is 4.79 Å². The van der Waals surface area contributed by atoms with Crippen molar-refractivity contribution in [2.75, 3.05) is 32.7 Å². The summed E-state index contributed by atoms with van der Waals surface area (Å²) in [6.45, 7) is 4.12. The second-order valence-electron chi connectivity index (χ2n) is 4.91. The molecule has 106 valence electrons. The van der Waals surface area contributed by atoms with Crippen molar-refractivity contribution in [1.82, 2.24) is 9.80 Å². The lowest BCUT2D eigenvalue weighted by molar-refractivity contribution is -0.151. The van der Waals surface area contributed by atoms with Crippen LogP contribution >= 0.6 is 12.6 Å². The van der Waals surface area contributed by atoms with Gasteiger partial charge >= 0.3 is 6.18 Å². The summed E-state index contributed by atoms with van der Waals surface area (Å²) in [4.78, 5) is 14.9. The van der Waals surface area contributed by atoms with E-state index in [0.29, 0.717) is 13.1 Å². The van der Waals surface area contributed by atoms with Crippen LogP contribution < -0.4 is 0 Å². The summed E-state index contributed by atoms with van der Waals surface area (Å²) in [5, 5.41) is -0.376. The first-order chi connectivity index (χ1) is 8.20. The minimum absolute atomic E-state index is 0.0833. The van der Waals surface area contributed by atoms with Crippen molar-refractivity contribution in [3.05, 3.63) is 0 Å². The Morgan fingerprint density at radius 2 is 1.72 bits per heavy atom. The van der Waals surface area contributed by atoms with Gasteiger partial charge in [-0.05, 0) is 5.92 Å². The fourth-order valence-electron chi connectivity index (χ4n) is 1.85. The molecule has 1 heterocycles. The summed E-state index contributed by atoms with van der Waals surface area (Å²) in [6, 6.07) is 0. The van der Waals surface area contributed by atoms with E-state index in [4.69, 9.17) is 0 Å². The molecule has 1 fully saturated rings. The fourth-order valence-corrected chi connectivity index (χ4v) is 2.02. The fraction of sp³-hybridized carbons (Fsp3) is 0.909. The SMILES string of the molecule is CC(C)C(S)C(=O)N1CCN(CC(F)(F)F)CC1. The van der Waals surface area contributed by atoms with E-state index < -0.39 is 12.7 Å². The van der Waals surface area contributed by atoms with Crippen molar-refractivity contribution < 1.29 is 18.0 Å². The van der Waals surface area contributed by atoms with E-state index in [2.05, 4.69) is 12.6 Å². The van der Waals surface area contributed by atoms with Crippen molar-refractivity contribution >= 4 is 18.5 Å². The minimum atomic E-state index is -4.17. The van der Waals surface area contributed by atoms with Gasteiger partial charge in [-0.1, -0.05) is 13.8 Å². The maximum atomic E-state index is 12.2. The predicted octanol–water partition coefficient (Wildman–Crippen LogP) is 1.65. The van der Waals surface area contributed by atoms with Crippen LogP contribution in [-0.4, -0.2) is 59.9 Å². The summed E-state index contributed by atoms with van der Waals surface area (Å²) in [7, 11) is 0. The van der Waals surface area contributed by atoms with Gasteiger partial charge in [-0.25, -0.2) is 0 Å². The van der Waals surface area contributed by atoms with Gasteiger partial charge in [0, 0.05) is 26.2 Å². The van der Waals surface area contributed by atoms with Crippen molar-refractivity contribution in [2.24, 2.45) is 5.92 Å². The van der Waals surface area contributed by atoms with Crippen LogP contribution in [0, 0.1) is 5.92 Å². The molecule has 18 heavy (non-hydrogen) atoms. The summed E-state index contributed by atoms with van der Waals surface area (Å²) in [6.07, 6.45) is -4.17. The Labute approximate surface area is 111 Å². The molecular weight excluding hydrogens is 265 g/mol. The van der Waals surface area contributed by atoms with E-state index in [-0.39, 0.29) is 30.2 Å². The first-order valence-corrected chi connectivity index (χ1v) is 6.48. The van der Waals surface area contributed by atoms with Crippen LogP contribution in [0.3, 0.4) is 0 Å². The highest BCUT2D eigenvalue weighted by atomic mass is 32.1. The second-order valence-corrected chi connectivity index (χ2v) is 5.46. The number of alkyl halides is 3. The molecule has 1 unspecified atom stereocenters. The van der Waals surface area contributed by atoms with E-state index >= 15 is 0 Å². The van der Waals surface area contributed by atoms with E-state index in [9.17, 15) is 18.0 Å². The zero-order valence-corrected chi connectivity index (χ0v) is 11.5. The van der Waals surface area contributed by atoms with Crippen LogP contribution in [0.15, 0.2) is 0 Å². The number of carbonyl (C=O) groups excluding carboxylic acids is 1. The first-order valence-electron chi connectivity index (χ1n) is 5.96. The molecular formula is C11H19F3N2OS. The van der Waals surface area contributed by atoms with Crippen molar-refractivity contribution in [1.29, 1.82) is 0 Å². The predicted molar refractivity (Wildman–Crippen MR) is 66.7 cm³/mol. The first kappa shape index (κ1) is 15.6. The van der Waals surface area contributed by atoms with Crippen LogP contribution in [0.4, 0.5) is 13.2 Å². The van der Waals surface area contributed by atoms with E-state index in [1.165, 1.54) is 4.90 Å². The van der Waals surface area contributed by atoms with Gasteiger partial charge in [-0.2, -0.15) is 25.8 Å². The van der Waals surface area contributed by atoms with Gasteiger partial charge in [0.1, 0.15) is 0 Å². The third kappa shape index (κ3) is 4.68. The number of carbonyl (C=O) groups is 1. The molecule has 0 aromatic heterocycles. The number of amides is 1. The zero-order valence-electron chi connectivity index (χ0n) is 10.6. The molecule has 0 aliphatic carbocycles. The Morgan fingerprint density at radius 3 is 2.11 bits per heavy atom. The Kier molecular flexibility index (Phi) is 5.33. The number of halogens is 3. The number of hydrogen-bond donors (Lipinski definition) is 1. The Bertz CT molecular complexity index is 289. The zero-order chi connectivity index (χ0) is 13.9. The van der Waals surface area contributed by atoms with E-state index in [1.54, 1.807) is 4.90 Å². The number of hydrogen-bond acceptors (Lipinski definition) is 3. The molecule has 1 aliphatic rings. The second kappa shape index (κ2) is 6.14. The molecule has 1 rings (SSSR count). The minimum Gasteiger partial charge on any atom is -0.339 e. The van der Waals surface area contributed by atoms with Gasteiger partial charge in [0.2, 0.25) is 5.91 Å². The molecule has 0 aromatic rings. The van der Waals surface area contributed by atoms with Crippen LogP contribution in [0.1, 0.15) is 13.8 Å². The maximum Gasteiger partial charge on any atom is 0.401 e. The highest BCUT2D eigenvalue weighted by Crippen LogP contribution is 2.19.